The minimum atomic E-state index is -0.381. The van der Waals surface area contributed by atoms with Crippen LogP contribution in [-0.4, -0.2) is 39.0 Å². The summed E-state index contributed by atoms with van der Waals surface area (Å²) in [6, 6.07) is 5.75. The van der Waals surface area contributed by atoms with Gasteiger partial charge in [-0.1, -0.05) is 0 Å². The Morgan fingerprint density at radius 2 is 2.12 bits per heavy atom. The van der Waals surface area contributed by atoms with Crippen molar-refractivity contribution >= 4 is 23.1 Å². The van der Waals surface area contributed by atoms with Crippen LogP contribution in [0.3, 0.4) is 0 Å². The lowest BCUT2D eigenvalue weighted by molar-refractivity contribution is -0.137. The molecular formula is C18H20N4O3. The second-order valence-corrected chi connectivity index (χ2v) is 5.48. The zero-order valence-corrected chi connectivity index (χ0v) is 14.7. The first-order valence-electron chi connectivity index (χ1n) is 7.96. The van der Waals surface area contributed by atoms with E-state index in [-0.39, 0.29) is 5.97 Å². The van der Waals surface area contributed by atoms with E-state index in [1.54, 1.807) is 24.8 Å². The highest BCUT2D eigenvalue weighted by Gasteiger charge is 2.16. The van der Waals surface area contributed by atoms with Gasteiger partial charge in [0.1, 0.15) is 11.5 Å². The van der Waals surface area contributed by atoms with Crippen molar-refractivity contribution in [3.05, 3.63) is 41.7 Å². The third-order valence-electron chi connectivity index (χ3n) is 3.86. The predicted octanol–water partition coefficient (Wildman–Crippen LogP) is 2.65. The molecule has 3 aromatic heterocycles. The van der Waals surface area contributed by atoms with Crippen molar-refractivity contribution in [3.63, 3.8) is 0 Å². The molecule has 0 N–H and O–H groups in total. The third kappa shape index (κ3) is 3.13. The third-order valence-corrected chi connectivity index (χ3v) is 3.86. The second kappa shape index (κ2) is 6.80. The summed E-state index contributed by atoms with van der Waals surface area (Å²) in [5.41, 5.74) is 2.40. The van der Waals surface area contributed by atoms with Gasteiger partial charge >= 0.3 is 5.97 Å². The molecule has 0 atom stereocenters. The monoisotopic (exact) mass is 340 g/mol. The van der Waals surface area contributed by atoms with E-state index in [0.29, 0.717) is 12.5 Å². The maximum atomic E-state index is 11.7. The number of fused-ring (bicyclic) bond motifs is 1. The molecule has 0 fully saturated rings. The Labute approximate surface area is 145 Å². The first kappa shape index (κ1) is 16.8. The molecule has 0 aliphatic heterocycles. The van der Waals surface area contributed by atoms with E-state index >= 15 is 0 Å². The Kier molecular flexibility index (Phi) is 4.56. The number of ether oxygens (including phenoxy) is 2. The fraction of sp³-hybridized carbons (Fsp3) is 0.278. The molecule has 3 aromatic rings. The SMILES string of the molecule is CCOC(=O)C=Cc1c(C)nn(C)c1-n1ccc2ccc(OC)nc21. The number of pyridine rings is 1. The van der Waals surface area contributed by atoms with E-state index in [1.165, 1.54) is 6.08 Å². The molecule has 0 bridgehead atoms. The van der Waals surface area contributed by atoms with E-state index < -0.39 is 0 Å². The minimum Gasteiger partial charge on any atom is -0.481 e. The zero-order chi connectivity index (χ0) is 18.0. The van der Waals surface area contributed by atoms with Crippen molar-refractivity contribution in [2.45, 2.75) is 13.8 Å². The molecule has 3 rings (SSSR count). The Hall–Kier alpha value is -3.09. The van der Waals surface area contributed by atoms with Gasteiger partial charge in [0.2, 0.25) is 5.88 Å². The number of carbonyl (C=O) groups excluding carboxylic acids is 1. The van der Waals surface area contributed by atoms with Crippen LogP contribution in [0.4, 0.5) is 0 Å². The zero-order valence-electron chi connectivity index (χ0n) is 14.7. The molecular weight excluding hydrogens is 320 g/mol. The van der Waals surface area contributed by atoms with Crippen molar-refractivity contribution in [1.29, 1.82) is 0 Å². The predicted molar refractivity (Wildman–Crippen MR) is 94.8 cm³/mol. The van der Waals surface area contributed by atoms with Crippen LogP contribution in [0.25, 0.3) is 22.9 Å². The molecule has 0 saturated heterocycles. The highest BCUT2D eigenvalue weighted by atomic mass is 16.5. The van der Waals surface area contributed by atoms with Crippen molar-refractivity contribution in [2.24, 2.45) is 7.05 Å². The molecule has 130 valence electrons. The largest absolute Gasteiger partial charge is 0.481 e. The summed E-state index contributed by atoms with van der Waals surface area (Å²) in [6.45, 7) is 4.01. The van der Waals surface area contributed by atoms with Gasteiger partial charge in [0.05, 0.1) is 19.4 Å². The summed E-state index contributed by atoms with van der Waals surface area (Å²) in [5, 5.41) is 5.46. The van der Waals surface area contributed by atoms with Gasteiger partial charge in [0, 0.05) is 36.3 Å². The number of hydrogen-bond donors (Lipinski definition) is 0. The molecule has 7 nitrogen and oxygen atoms in total. The summed E-state index contributed by atoms with van der Waals surface area (Å²) in [7, 11) is 3.44. The number of methoxy groups -OCH3 is 1. The lowest BCUT2D eigenvalue weighted by Crippen LogP contribution is -2.04. The molecule has 0 unspecified atom stereocenters. The van der Waals surface area contributed by atoms with Gasteiger partial charge in [0.15, 0.2) is 0 Å². The summed E-state index contributed by atoms with van der Waals surface area (Å²) in [6.07, 6.45) is 5.06. The minimum absolute atomic E-state index is 0.341. The lowest BCUT2D eigenvalue weighted by atomic mass is 10.2. The van der Waals surface area contributed by atoms with Gasteiger partial charge in [-0.05, 0) is 32.1 Å². The summed E-state index contributed by atoms with van der Waals surface area (Å²) in [4.78, 5) is 16.2. The topological polar surface area (TPSA) is 71.2 Å². The number of hydrogen-bond acceptors (Lipinski definition) is 5. The Morgan fingerprint density at radius 1 is 1.32 bits per heavy atom. The van der Waals surface area contributed by atoms with Crippen LogP contribution in [0.1, 0.15) is 18.2 Å². The molecule has 0 aromatic carbocycles. The Morgan fingerprint density at radius 3 is 2.84 bits per heavy atom. The average molecular weight is 340 g/mol. The van der Waals surface area contributed by atoms with Crippen LogP contribution < -0.4 is 4.74 Å². The maximum Gasteiger partial charge on any atom is 0.330 e. The van der Waals surface area contributed by atoms with Crippen LogP contribution in [0, 0.1) is 6.92 Å². The van der Waals surface area contributed by atoms with Gasteiger partial charge in [-0.2, -0.15) is 10.1 Å². The van der Waals surface area contributed by atoms with Crippen molar-refractivity contribution in [2.75, 3.05) is 13.7 Å². The fourth-order valence-electron chi connectivity index (χ4n) is 2.76. The van der Waals surface area contributed by atoms with Crippen LogP contribution in [-0.2, 0) is 16.6 Å². The van der Waals surface area contributed by atoms with Crippen molar-refractivity contribution < 1.29 is 14.3 Å². The standard InChI is InChI=1S/C18H20N4O3/c1-5-25-16(23)9-7-14-12(2)20-21(3)18(14)22-11-10-13-6-8-15(24-4)19-17(13)22/h6-11H,5H2,1-4H3. The Bertz CT molecular complexity index is 953. The van der Waals surface area contributed by atoms with E-state index in [4.69, 9.17) is 9.47 Å². The fourth-order valence-corrected chi connectivity index (χ4v) is 2.76. The summed E-state index contributed by atoms with van der Waals surface area (Å²) < 4.78 is 13.9. The highest BCUT2D eigenvalue weighted by molar-refractivity contribution is 5.88. The van der Waals surface area contributed by atoms with E-state index in [9.17, 15) is 4.79 Å². The number of aromatic nitrogens is 4. The van der Waals surface area contributed by atoms with Crippen molar-refractivity contribution in [1.82, 2.24) is 19.3 Å². The number of carbonyl (C=O) groups is 1. The molecule has 25 heavy (non-hydrogen) atoms. The van der Waals surface area contributed by atoms with E-state index in [0.717, 1.165) is 28.1 Å². The molecule has 7 heteroatoms. The smallest absolute Gasteiger partial charge is 0.330 e. The van der Waals surface area contributed by atoms with Gasteiger partial charge in [0.25, 0.3) is 0 Å². The second-order valence-electron chi connectivity index (χ2n) is 5.48. The summed E-state index contributed by atoms with van der Waals surface area (Å²) in [5.74, 6) is 0.970. The molecule has 0 spiro atoms. The molecule has 0 radical (unpaired) electrons. The number of nitrogens with zero attached hydrogens (tertiary/aromatic N) is 4. The first-order chi connectivity index (χ1) is 12.0. The number of rotatable bonds is 5. The molecule has 3 heterocycles. The van der Waals surface area contributed by atoms with Gasteiger partial charge in [-0.15, -0.1) is 0 Å². The van der Waals surface area contributed by atoms with Gasteiger partial charge < -0.3 is 9.47 Å². The first-order valence-corrected chi connectivity index (χ1v) is 7.96. The number of aryl methyl sites for hydroxylation is 2. The van der Waals surface area contributed by atoms with Crippen LogP contribution in [0.5, 0.6) is 5.88 Å². The average Bonchev–Trinajstić information content (AvgIpc) is 3.12. The van der Waals surface area contributed by atoms with Crippen molar-refractivity contribution in [3.8, 4) is 11.7 Å². The van der Waals surface area contributed by atoms with Gasteiger partial charge in [-0.25, -0.2) is 4.79 Å². The van der Waals surface area contributed by atoms with E-state index in [1.807, 2.05) is 42.9 Å². The lowest BCUT2D eigenvalue weighted by Gasteiger charge is -2.08. The summed E-state index contributed by atoms with van der Waals surface area (Å²) >= 11 is 0. The van der Waals surface area contributed by atoms with E-state index in [2.05, 4.69) is 10.1 Å². The molecule has 0 saturated carbocycles. The molecule has 0 aliphatic rings. The number of esters is 1. The maximum absolute atomic E-state index is 11.7. The Balaban J connectivity index is 2.13. The molecule has 0 aliphatic carbocycles. The normalized spacial score (nSPS) is 11.4. The molecule has 0 amide bonds. The van der Waals surface area contributed by atoms with Crippen LogP contribution in [0.2, 0.25) is 0 Å². The quantitative estimate of drug-likeness (QED) is 0.527. The van der Waals surface area contributed by atoms with Gasteiger partial charge in [-0.3, -0.25) is 9.25 Å². The van der Waals surface area contributed by atoms with Crippen LogP contribution in [0.15, 0.2) is 30.5 Å². The highest BCUT2D eigenvalue weighted by Crippen LogP contribution is 2.25. The van der Waals surface area contributed by atoms with Crippen LogP contribution >= 0.6 is 0 Å².